The Labute approximate surface area is 175 Å². The van der Waals surface area contributed by atoms with Gasteiger partial charge in [0.25, 0.3) is 17.5 Å². The Morgan fingerprint density at radius 2 is 1.97 bits per heavy atom. The largest absolute Gasteiger partial charge is 0.446 e. The highest BCUT2D eigenvalue weighted by Crippen LogP contribution is 2.22. The molecule has 1 N–H and O–H groups in total. The molecular formula is C21H28N4O5. The molecule has 2 aromatic rings. The first-order valence-corrected chi connectivity index (χ1v) is 9.99. The lowest BCUT2D eigenvalue weighted by Crippen LogP contribution is -2.38. The number of hydrogen-bond donors (Lipinski definition) is 1. The van der Waals surface area contributed by atoms with Gasteiger partial charge in [0.05, 0.1) is 11.5 Å². The van der Waals surface area contributed by atoms with Gasteiger partial charge in [-0.2, -0.15) is 0 Å². The van der Waals surface area contributed by atoms with Crippen LogP contribution in [0, 0.1) is 17.0 Å². The predicted octanol–water partition coefficient (Wildman–Crippen LogP) is 3.86. The third-order valence-electron chi connectivity index (χ3n) is 5.12. The molecule has 9 heteroatoms. The van der Waals surface area contributed by atoms with Crippen molar-refractivity contribution in [1.82, 2.24) is 15.2 Å². The summed E-state index contributed by atoms with van der Waals surface area (Å²) in [7, 11) is 0. The maximum Gasteiger partial charge on any atom is 0.273 e. The number of nitrogens with one attached hydrogen (secondary N) is 1. The van der Waals surface area contributed by atoms with Crippen LogP contribution in [0.25, 0.3) is 0 Å². The predicted molar refractivity (Wildman–Crippen MR) is 111 cm³/mol. The number of amides is 2. The summed E-state index contributed by atoms with van der Waals surface area (Å²) >= 11 is 0. The number of aromatic nitrogens is 1. The van der Waals surface area contributed by atoms with E-state index in [1.165, 1.54) is 17.2 Å². The number of benzene rings is 1. The van der Waals surface area contributed by atoms with Crippen LogP contribution < -0.4 is 5.32 Å². The van der Waals surface area contributed by atoms with E-state index < -0.39 is 4.92 Å². The number of oxazole rings is 1. The zero-order valence-corrected chi connectivity index (χ0v) is 18.0. The fourth-order valence-corrected chi connectivity index (χ4v) is 2.79. The molecule has 0 spiro atoms. The Kier molecular flexibility index (Phi) is 7.68. The molecule has 162 valence electrons. The Morgan fingerprint density at radius 3 is 2.57 bits per heavy atom. The second-order valence-corrected chi connectivity index (χ2v) is 7.36. The number of nitro groups is 1. The third kappa shape index (κ3) is 5.43. The van der Waals surface area contributed by atoms with Crippen LogP contribution in [-0.4, -0.2) is 38.7 Å². The molecule has 30 heavy (non-hydrogen) atoms. The van der Waals surface area contributed by atoms with E-state index in [-0.39, 0.29) is 53.3 Å². The average molecular weight is 416 g/mol. The molecule has 0 fully saturated rings. The van der Waals surface area contributed by atoms with Crippen molar-refractivity contribution in [3.8, 4) is 0 Å². The normalized spacial score (nSPS) is 12.8. The molecule has 0 bridgehead atoms. The maximum absolute atomic E-state index is 13.1. The van der Waals surface area contributed by atoms with E-state index in [0.717, 1.165) is 6.42 Å². The fourth-order valence-electron chi connectivity index (χ4n) is 2.79. The van der Waals surface area contributed by atoms with Gasteiger partial charge in [0.1, 0.15) is 6.26 Å². The van der Waals surface area contributed by atoms with Crippen molar-refractivity contribution in [2.45, 2.75) is 66.1 Å². The van der Waals surface area contributed by atoms with Crippen molar-refractivity contribution < 1.29 is 18.9 Å². The van der Waals surface area contributed by atoms with Crippen molar-refractivity contribution >= 4 is 17.5 Å². The monoisotopic (exact) mass is 416 g/mol. The molecule has 1 aromatic heterocycles. The van der Waals surface area contributed by atoms with Crippen molar-refractivity contribution in [2.75, 3.05) is 0 Å². The van der Waals surface area contributed by atoms with Crippen LogP contribution in [0.3, 0.4) is 0 Å². The minimum Gasteiger partial charge on any atom is -0.446 e. The molecule has 1 heterocycles. The number of nitrogens with zero attached hydrogens (tertiary/aromatic N) is 3. The van der Waals surface area contributed by atoms with Gasteiger partial charge in [-0.3, -0.25) is 19.7 Å². The number of nitro benzene ring substituents is 1. The number of rotatable bonds is 9. The van der Waals surface area contributed by atoms with Gasteiger partial charge in [-0.15, -0.1) is 0 Å². The van der Waals surface area contributed by atoms with Gasteiger partial charge in [0, 0.05) is 29.3 Å². The van der Waals surface area contributed by atoms with Crippen molar-refractivity contribution in [2.24, 2.45) is 0 Å². The zero-order chi connectivity index (χ0) is 22.4. The standard InChI is InChI=1S/C21H28N4O5/c1-6-14(4)22-20(26)17-12-30-19(23-17)11-24(15(5)7-2)21(27)16-9-8-13(3)18(10-16)25(28)29/h8-10,12,14-15H,6-7,11H2,1-5H3,(H,22,26)/t14-,15-/m0/s1. The SMILES string of the molecule is CC[C@H](C)NC(=O)c1coc(CN(C(=O)c2ccc(C)c([N+](=O)[O-])c2)[C@@H](C)CC)n1. The van der Waals surface area contributed by atoms with Gasteiger partial charge < -0.3 is 14.6 Å². The molecule has 0 saturated carbocycles. The van der Waals surface area contributed by atoms with Crippen molar-refractivity contribution in [3.63, 3.8) is 0 Å². The molecule has 9 nitrogen and oxygen atoms in total. The molecule has 0 aliphatic rings. The van der Waals surface area contributed by atoms with Gasteiger partial charge in [-0.25, -0.2) is 4.98 Å². The summed E-state index contributed by atoms with van der Waals surface area (Å²) in [5, 5.41) is 14.0. The van der Waals surface area contributed by atoms with E-state index in [9.17, 15) is 19.7 Å². The summed E-state index contributed by atoms with van der Waals surface area (Å²) in [6.45, 7) is 9.33. The zero-order valence-electron chi connectivity index (χ0n) is 18.0. The Balaban J connectivity index is 2.25. The number of aryl methyl sites for hydroxylation is 1. The van der Waals surface area contributed by atoms with Gasteiger partial charge in [0.15, 0.2) is 5.69 Å². The van der Waals surface area contributed by atoms with Crippen LogP contribution in [0.2, 0.25) is 0 Å². The summed E-state index contributed by atoms with van der Waals surface area (Å²) in [4.78, 5) is 41.8. The smallest absolute Gasteiger partial charge is 0.273 e. The van der Waals surface area contributed by atoms with Gasteiger partial charge in [-0.05, 0) is 39.7 Å². The average Bonchev–Trinajstić information content (AvgIpc) is 3.19. The summed E-state index contributed by atoms with van der Waals surface area (Å²) in [5.41, 5.74) is 0.739. The van der Waals surface area contributed by atoms with E-state index >= 15 is 0 Å². The molecule has 0 unspecified atom stereocenters. The van der Waals surface area contributed by atoms with Crippen LogP contribution in [0.15, 0.2) is 28.9 Å². The lowest BCUT2D eigenvalue weighted by atomic mass is 10.1. The molecule has 2 rings (SSSR count). The lowest BCUT2D eigenvalue weighted by Gasteiger charge is -2.27. The highest BCUT2D eigenvalue weighted by molar-refractivity contribution is 5.95. The number of carbonyl (C=O) groups excluding carboxylic acids is 2. The minimum absolute atomic E-state index is 0.00756. The van der Waals surface area contributed by atoms with E-state index in [4.69, 9.17) is 4.42 Å². The molecule has 1 aromatic carbocycles. The third-order valence-corrected chi connectivity index (χ3v) is 5.12. The topological polar surface area (TPSA) is 119 Å². The molecule has 2 atom stereocenters. The van der Waals surface area contributed by atoms with E-state index in [2.05, 4.69) is 10.3 Å². The van der Waals surface area contributed by atoms with Crippen LogP contribution in [0.4, 0.5) is 5.69 Å². The lowest BCUT2D eigenvalue weighted by molar-refractivity contribution is -0.385. The highest BCUT2D eigenvalue weighted by Gasteiger charge is 2.25. The fraction of sp³-hybridized carbons (Fsp3) is 0.476. The number of carbonyl (C=O) groups is 2. The van der Waals surface area contributed by atoms with E-state index in [0.29, 0.717) is 12.0 Å². The van der Waals surface area contributed by atoms with Gasteiger partial charge >= 0.3 is 0 Å². The first kappa shape index (κ1) is 23.1. The Hall–Kier alpha value is -3.23. The Morgan fingerprint density at radius 1 is 1.27 bits per heavy atom. The van der Waals surface area contributed by atoms with Gasteiger partial charge in [-0.1, -0.05) is 19.9 Å². The minimum atomic E-state index is -0.504. The van der Waals surface area contributed by atoms with Crippen LogP contribution in [0.5, 0.6) is 0 Å². The maximum atomic E-state index is 13.1. The summed E-state index contributed by atoms with van der Waals surface area (Å²) in [6, 6.07) is 4.26. The number of hydrogen-bond acceptors (Lipinski definition) is 6. The van der Waals surface area contributed by atoms with Crippen LogP contribution in [0.1, 0.15) is 72.8 Å². The second kappa shape index (κ2) is 10.00. The van der Waals surface area contributed by atoms with E-state index in [1.54, 1.807) is 19.1 Å². The Bertz CT molecular complexity index is 924. The molecule has 2 amide bonds. The molecule has 0 aliphatic heterocycles. The molecule has 0 aliphatic carbocycles. The van der Waals surface area contributed by atoms with Crippen molar-refractivity contribution in [1.29, 1.82) is 0 Å². The summed E-state index contributed by atoms with van der Waals surface area (Å²) in [5.74, 6) is -0.481. The molecule has 0 saturated heterocycles. The van der Waals surface area contributed by atoms with Crippen LogP contribution in [-0.2, 0) is 6.54 Å². The summed E-state index contributed by atoms with van der Waals surface area (Å²) in [6.07, 6.45) is 2.72. The highest BCUT2D eigenvalue weighted by atomic mass is 16.6. The van der Waals surface area contributed by atoms with Crippen LogP contribution >= 0.6 is 0 Å². The first-order valence-electron chi connectivity index (χ1n) is 9.99. The van der Waals surface area contributed by atoms with Gasteiger partial charge in [0.2, 0.25) is 5.89 Å². The van der Waals surface area contributed by atoms with Crippen molar-refractivity contribution in [3.05, 3.63) is 57.3 Å². The quantitative estimate of drug-likeness (QED) is 0.490. The molecular weight excluding hydrogens is 388 g/mol. The summed E-state index contributed by atoms with van der Waals surface area (Å²) < 4.78 is 5.42. The van der Waals surface area contributed by atoms with E-state index in [1.807, 2.05) is 27.7 Å². The second-order valence-electron chi connectivity index (χ2n) is 7.36. The first-order chi connectivity index (χ1) is 14.2. The molecule has 0 radical (unpaired) electrons.